The van der Waals surface area contributed by atoms with E-state index >= 15 is 0 Å². The molecule has 0 atom stereocenters. The molecule has 1 aromatic carbocycles. The predicted molar refractivity (Wildman–Crippen MR) is 52.5 cm³/mol. The van der Waals surface area contributed by atoms with Crippen LogP contribution in [0.15, 0.2) is 18.2 Å². The molecular formula is C9H7F3N2O4. The number of nitro groups is 1. The van der Waals surface area contributed by atoms with Gasteiger partial charge in [0, 0.05) is 6.07 Å². The lowest BCUT2D eigenvalue weighted by molar-refractivity contribution is -0.388. The number of alkyl halides is 3. The van der Waals surface area contributed by atoms with Gasteiger partial charge in [-0.05, 0) is 11.6 Å². The number of nitrogens with zero attached hydrogens (tertiary/aromatic N) is 1. The summed E-state index contributed by atoms with van der Waals surface area (Å²) in [5, 5.41) is 10.5. The maximum Gasteiger partial charge on any atom is 0.422 e. The number of primary amides is 1. The van der Waals surface area contributed by atoms with Gasteiger partial charge in [-0.3, -0.25) is 10.1 Å². The van der Waals surface area contributed by atoms with Crippen LogP contribution in [-0.4, -0.2) is 11.0 Å². The molecule has 0 unspecified atom stereocenters. The van der Waals surface area contributed by atoms with Crippen molar-refractivity contribution in [3.8, 4) is 0 Å². The second-order valence-corrected chi connectivity index (χ2v) is 3.21. The van der Waals surface area contributed by atoms with Crippen molar-refractivity contribution in [2.45, 2.75) is 12.8 Å². The number of halogens is 3. The molecule has 0 aliphatic heterocycles. The molecule has 6 nitrogen and oxygen atoms in total. The normalized spacial score (nSPS) is 11.1. The van der Waals surface area contributed by atoms with Crippen molar-refractivity contribution in [1.29, 1.82) is 0 Å². The molecular weight excluding hydrogens is 257 g/mol. The van der Waals surface area contributed by atoms with Crippen LogP contribution in [-0.2, 0) is 17.5 Å². The van der Waals surface area contributed by atoms with Crippen molar-refractivity contribution in [2.24, 2.45) is 5.73 Å². The molecule has 0 saturated heterocycles. The van der Waals surface area contributed by atoms with Crippen molar-refractivity contribution < 1.29 is 27.6 Å². The molecule has 98 valence electrons. The van der Waals surface area contributed by atoms with Gasteiger partial charge in [-0.1, -0.05) is 6.07 Å². The third-order valence-electron chi connectivity index (χ3n) is 1.95. The molecule has 0 saturated carbocycles. The summed E-state index contributed by atoms with van der Waals surface area (Å²) in [6, 6.07) is 2.21. The zero-order valence-corrected chi connectivity index (χ0v) is 8.73. The Morgan fingerprint density at radius 1 is 1.44 bits per heavy atom. The molecule has 1 rings (SSSR count). The first-order chi connectivity index (χ1) is 8.21. The molecule has 0 bridgehead atoms. The highest BCUT2D eigenvalue weighted by molar-refractivity contribution is 5.64. The molecule has 0 spiro atoms. The highest BCUT2D eigenvalue weighted by Gasteiger charge is 2.38. The summed E-state index contributed by atoms with van der Waals surface area (Å²) in [5.74, 6) is 0. The number of benzene rings is 1. The van der Waals surface area contributed by atoms with E-state index in [9.17, 15) is 28.1 Å². The summed E-state index contributed by atoms with van der Waals surface area (Å²) < 4.78 is 41.7. The predicted octanol–water partition coefficient (Wildman–Crippen LogP) is 2.21. The average molecular weight is 264 g/mol. The van der Waals surface area contributed by atoms with Crippen LogP contribution in [0.25, 0.3) is 0 Å². The Morgan fingerprint density at radius 2 is 2.06 bits per heavy atom. The third-order valence-corrected chi connectivity index (χ3v) is 1.95. The van der Waals surface area contributed by atoms with Crippen LogP contribution in [0.1, 0.15) is 11.1 Å². The monoisotopic (exact) mass is 264 g/mol. The molecule has 9 heteroatoms. The van der Waals surface area contributed by atoms with Crippen LogP contribution in [0.3, 0.4) is 0 Å². The van der Waals surface area contributed by atoms with Crippen molar-refractivity contribution in [3.05, 3.63) is 39.4 Å². The van der Waals surface area contributed by atoms with Gasteiger partial charge in [0.1, 0.15) is 12.2 Å². The number of carbonyl (C=O) groups excluding carboxylic acids is 1. The van der Waals surface area contributed by atoms with Gasteiger partial charge < -0.3 is 10.5 Å². The summed E-state index contributed by atoms with van der Waals surface area (Å²) >= 11 is 0. The Morgan fingerprint density at radius 3 is 2.50 bits per heavy atom. The minimum absolute atomic E-state index is 0.0356. The topological polar surface area (TPSA) is 95.5 Å². The van der Waals surface area contributed by atoms with Gasteiger partial charge in [0.05, 0.1) is 4.92 Å². The molecule has 0 radical (unpaired) electrons. The zero-order chi connectivity index (χ0) is 13.9. The van der Waals surface area contributed by atoms with Crippen molar-refractivity contribution >= 4 is 11.8 Å². The lowest BCUT2D eigenvalue weighted by Gasteiger charge is -2.08. The van der Waals surface area contributed by atoms with E-state index in [2.05, 4.69) is 10.5 Å². The quantitative estimate of drug-likeness (QED) is 0.668. The maximum absolute atomic E-state index is 12.4. The summed E-state index contributed by atoms with van der Waals surface area (Å²) in [6.07, 6.45) is -5.96. The molecule has 18 heavy (non-hydrogen) atoms. The van der Waals surface area contributed by atoms with E-state index in [-0.39, 0.29) is 5.56 Å². The van der Waals surface area contributed by atoms with E-state index in [0.717, 1.165) is 6.07 Å². The summed E-state index contributed by atoms with van der Waals surface area (Å²) in [4.78, 5) is 19.7. The first kappa shape index (κ1) is 13.7. The van der Waals surface area contributed by atoms with E-state index in [1.54, 1.807) is 0 Å². The highest BCUT2D eigenvalue weighted by Crippen LogP contribution is 2.36. The molecule has 0 aliphatic rings. The van der Waals surface area contributed by atoms with Crippen LogP contribution < -0.4 is 5.73 Å². The van der Waals surface area contributed by atoms with Crippen molar-refractivity contribution in [2.75, 3.05) is 0 Å². The zero-order valence-electron chi connectivity index (χ0n) is 8.73. The van der Waals surface area contributed by atoms with Crippen molar-refractivity contribution in [1.82, 2.24) is 0 Å². The Bertz CT molecular complexity index is 487. The summed E-state index contributed by atoms with van der Waals surface area (Å²) in [5.41, 5.74) is 2.23. The number of hydrogen-bond donors (Lipinski definition) is 1. The van der Waals surface area contributed by atoms with Gasteiger partial charge in [0.25, 0.3) is 5.69 Å². The van der Waals surface area contributed by atoms with Gasteiger partial charge in [-0.25, -0.2) is 4.79 Å². The fraction of sp³-hybridized carbons (Fsp3) is 0.222. The van der Waals surface area contributed by atoms with Crippen LogP contribution in [0.4, 0.5) is 23.7 Å². The van der Waals surface area contributed by atoms with E-state index < -0.39 is 35.1 Å². The number of ether oxygens (including phenoxy) is 1. The van der Waals surface area contributed by atoms with Crippen LogP contribution in [0, 0.1) is 10.1 Å². The van der Waals surface area contributed by atoms with Crippen LogP contribution in [0.5, 0.6) is 0 Å². The second-order valence-electron chi connectivity index (χ2n) is 3.21. The third kappa shape index (κ3) is 3.34. The standard InChI is InChI=1S/C9H7F3N2O4/c10-9(11,12)6-2-1-5(4-18-8(13)15)3-7(6)14(16)17/h1-3H,4H2,(H2,13,15). The minimum atomic E-state index is -4.83. The lowest BCUT2D eigenvalue weighted by atomic mass is 10.1. The van der Waals surface area contributed by atoms with Crippen molar-refractivity contribution in [3.63, 3.8) is 0 Å². The number of carbonyl (C=O) groups is 1. The van der Waals surface area contributed by atoms with E-state index in [0.29, 0.717) is 12.1 Å². The largest absolute Gasteiger partial charge is 0.445 e. The SMILES string of the molecule is NC(=O)OCc1ccc(C(F)(F)F)c([N+](=O)[O-])c1. The second kappa shape index (κ2) is 4.90. The first-order valence-electron chi connectivity index (χ1n) is 4.48. The van der Waals surface area contributed by atoms with Gasteiger partial charge in [-0.2, -0.15) is 13.2 Å². The Kier molecular flexibility index (Phi) is 3.74. The number of nitro benzene ring substituents is 1. The van der Waals surface area contributed by atoms with Crippen LogP contribution >= 0.6 is 0 Å². The fourth-order valence-electron chi connectivity index (χ4n) is 1.21. The molecule has 0 aliphatic carbocycles. The maximum atomic E-state index is 12.4. The highest BCUT2D eigenvalue weighted by atomic mass is 19.4. The van der Waals surface area contributed by atoms with Gasteiger partial charge in [0.15, 0.2) is 0 Å². The number of rotatable bonds is 3. The smallest absolute Gasteiger partial charge is 0.422 e. The van der Waals surface area contributed by atoms with E-state index in [1.165, 1.54) is 0 Å². The van der Waals surface area contributed by atoms with E-state index in [1.807, 2.05) is 0 Å². The first-order valence-corrected chi connectivity index (χ1v) is 4.48. The molecule has 0 heterocycles. The Balaban J connectivity index is 3.12. The molecule has 1 aromatic rings. The number of nitrogens with two attached hydrogens (primary N) is 1. The fourth-order valence-corrected chi connectivity index (χ4v) is 1.21. The lowest BCUT2D eigenvalue weighted by Crippen LogP contribution is -2.13. The molecule has 0 aromatic heterocycles. The van der Waals surface area contributed by atoms with Gasteiger partial charge in [-0.15, -0.1) is 0 Å². The average Bonchev–Trinajstić information content (AvgIpc) is 2.24. The van der Waals surface area contributed by atoms with Gasteiger partial charge in [0.2, 0.25) is 0 Å². The Hall–Kier alpha value is -2.32. The summed E-state index contributed by atoms with van der Waals surface area (Å²) in [7, 11) is 0. The minimum Gasteiger partial charge on any atom is -0.445 e. The molecule has 0 fully saturated rings. The molecule has 1 amide bonds. The van der Waals surface area contributed by atoms with Crippen LogP contribution in [0.2, 0.25) is 0 Å². The van der Waals surface area contributed by atoms with E-state index in [4.69, 9.17) is 0 Å². The molecule has 2 N–H and O–H groups in total. The van der Waals surface area contributed by atoms with Gasteiger partial charge >= 0.3 is 12.3 Å². The summed E-state index contributed by atoms with van der Waals surface area (Å²) in [6.45, 7) is -0.436. The number of amides is 1. The number of hydrogen-bond acceptors (Lipinski definition) is 4. The Labute approximate surface area is 98.3 Å².